The monoisotopic (exact) mass is 560 g/mol. The average molecular weight is 561 g/mol. The number of aryl methyl sites for hydroxylation is 1. The SMILES string of the molecule is CCCCNc1nc2c(C)cccn2c(=O)c1C=C1SC(=S)N(c2c(C)n(C)n(-c3ccccc3)c2=O)C1=O. The number of unbranched alkanes of at least 4 members (excludes halogenated alkanes) is 1. The molecule has 0 radical (unpaired) electrons. The zero-order valence-corrected chi connectivity index (χ0v) is 23.7. The molecule has 0 unspecified atom stereocenters. The highest BCUT2D eigenvalue weighted by Crippen LogP contribution is 2.36. The summed E-state index contributed by atoms with van der Waals surface area (Å²) in [7, 11) is 1.76. The quantitative estimate of drug-likeness (QED) is 0.203. The van der Waals surface area contributed by atoms with Gasteiger partial charge in [0.05, 0.1) is 21.8 Å². The van der Waals surface area contributed by atoms with Crippen molar-refractivity contribution < 1.29 is 4.79 Å². The van der Waals surface area contributed by atoms with Gasteiger partial charge >= 0.3 is 0 Å². The molecule has 0 atom stereocenters. The maximum Gasteiger partial charge on any atom is 0.296 e. The van der Waals surface area contributed by atoms with Gasteiger partial charge < -0.3 is 5.32 Å². The molecule has 5 rings (SSSR count). The van der Waals surface area contributed by atoms with Gasteiger partial charge in [-0.15, -0.1) is 0 Å². The van der Waals surface area contributed by atoms with Gasteiger partial charge in [0.25, 0.3) is 17.0 Å². The Bertz CT molecular complexity index is 1770. The summed E-state index contributed by atoms with van der Waals surface area (Å²) in [6.07, 6.45) is 5.07. The molecule has 9 nitrogen and oxygen atoms in total. The molecule has 3 aromatic heterocycles. The number of fused-ring (bicyclic) bond motifs is 1. The van der Waals surface area contributed by atoms with Crippen molar-refractivity contribution >= 4 is 57.4 Å². The van der Waals surface area contributed by atoms with E-state index in [9.17, 15) is 14.4 Å². The number of thioether (sulfide) groups is 1. The van der Waals surface area contributed by atoms with Crippen molar-refractivity contribution in [2.24, 2.45) is 7.05 Å². The van der Waals surface area contributed by atoms with E-state index in [1.807, 2.05) is 43.3 Å². The van der Waals surface area contributed by atoms with Gasteiger partial charge in [-0.25, -0.2) is 9.67 Å². The third kappa shape index (κ3) is 4.61. The Hall–Kier alpha value is -3.96. The number of pyridine rings is 1. The number of thiocarbonyl (C=S) groups is 1. The summed E-state index contributed by atoms with van der Waals surface area (Å²) >= 11 is 6.64. The van der Waals surface area contributed by atoms with Crippen LogP contribution in [-0.4, -0.2) is 35.5 Å². The molecule has 200 valence electrons. The van der Waals surface area contributed by atoms with E-state index in [4.69, 9.17) is 17.2 Å². The molecule has 1 amide bonds. The summed E-state index contributed by atoms with van der Waals surface area (Å²) in [5.74, 6) is -0.0420. The van der Waals surface area contributed by atoms with Crippen LogP contribution in [0.2, 0.25) is 0 Å². The molecular formula is C28H28N6O3S2. The number of nitrogens with one attached hydrogen (secondary N) is 1. The molecule has 11 heteroatoms. The molecule has 1 aromatic carbocycles. The Morgan fingerprint density at radius 3 is 2.51 bits per heavy atom. The summed E-state index contributed by atoms with van der Waals surface area (Å²) in [5.41, 5.74) is 2.48. The summed E-state index contributed by atoms with van der Waals surface area (Å²) in [6, 6.07) is 12.9. The minimum Gasteiger partial charge on any atom is -0.369 e. The second-order valence-electron chi connectivity index (χ2n) is 9.27. The summed E-state index contributed by atoms with van der Waals surface area (Å²) < 4.78 is 4.91. The number of carbonyl (C=O) groups excluding carboxylic acids is 1. The molecule has 4 aromatic rings. The Morgan fingerprint density at radius 2 is 1.79 bits per heavy atom. The number of carbonyl (C=O) groups is 1. The van der Waals surface area contributed by atoms with Crippen LogP contribution in [0.25, 0.3) is 17.4 Å². The van der Waals surface area contributed by atoms with Crippen LogP contribution in [0.1, 0.15) is 36.6 Å². The standard InChI is InChI=1S/C28H28N6O3S2/c1-5-6-14-29-23-20(25(35)32-15-10-11-17(2)24(32)30-23)16-21-26(36)33(28(38)39-21)22-18(3)31(4)34(27(22)37)19-12-8-7-9-13-19/h7-13,15-16,29H,5-6,14H2,1-4H3. The van der Waals surface area contributed by atoms with Gasteiger partial charge in [-0.1, -0.05) is 61.6 Å². The highest BCUT2D eigenvalue weighted by Gasteiger charge is 2.38. The minimum atomic E-state index is -0.454. The van der Waals surface area contributed by atoms with Crippen molar-refractivity contribution in [3.8, 4) is 5.69 Å². The Kier molecular flexibility index (Phi) is 7.28. The van der Waals surface area contributed by atoms with Crippen LogP contribution in [0.4, 0.5) is 11.5 Å². The molecule has 4 heterocycles. The first-order chi connectivity index (χ1) is 18.7. The summed E-state index contributed by atoms with van der Waals surface area (Å²) in [4.78, 5) is 47.1. The lowest BCUT2D eigenvalue weighted by Gasteiger charge is -2.13. The number of aromatic nitrogens is 4. The number of para-hydroxylation sites is 1. The van der Waals surface area contributed by atoms with Crippen molar-refractivity contribution in [1.82, 2.24) is 18.7 Å². The molecule has 1 aliphatic heterocycles. The van der Waals surface area contributed by atoms with E-state index in [-0.39, 0.29) is 31.6 Å². The minimum absolute atomic E-state index is 0.192. The maximum atomic E-state index is 13.7. The predicted molar refractivity (Wildman–Crippen MR) is 161 cm³/mol. The van der Waals surface area contributed by atoms with Gasteiger partial charge in [0.1, 0.15) is 17.2 Å². The van der Waals surface area contributed by atoms with Crippen molar-refractivity contribution in [2.75, 3.05) is 16.8 Å². The van der Waals surface area contributed by atoms with E-state index in [0.717, 1.165) is 30.2 Å². The molecular weight excluding hydrogens is 532 g/mol. The first kappa shape index (κ1) is 26.6. The van der Waals surface area contributed by atoms with Gasteiger partial charge in [-0.05, 0) is 50.1 Å². The smallest absolute Gasteiger partial charge is 0.296 e. The maximum absolute atomic E-state index is 13.7. The van der Waals surface area contributed by atoms with E-state index in [1.165, 1.54) is 20.1 Å². The lowest BCUT2D eigenvalue weighted by Crippen LogP contribution is -2.33. The number of nitrogens with zero attached hydrogens (tertiary/aromatic N) is 5. The molecule has 0 saturated carbocycles. The number of hydrogen-bond donors (Lipinski definition) is 1. The summed E-state index contributed by atoms with van der Waals surface area (Å²) in [6.45, 7) is 6.39. The second-order valence-corrected chi connectivity index (χ2v) is 10.9. The van der Waals surface area contributed by atoms with Crippen molar-refractivity contribution in [3.05, 3.63) is 91.1 Å². The number of anilines is 2. The number of rotatable bonds is 7. The van der Waals surface area contributed by atoms with E-state index in [1.54, 1.807) is 30.9 Å². The molecule has 0 aliphatic carbocycles. The molecule has 1 N–H and O–H groups in total. The van der Waals surface area contributed by atoms with E-state index in [2.05, 4.69) is 12.2 Å². The van der Waals surface area contributed by atoms with Crippen molar-refractivity contribution in [1.29, 1.82) is 0 Å². The Labute approximate surface area is 234 Å². The predicted octanol–water partition coefficient (Wildman–Crippen LogP) is 4.42. The molecule has 0 spiro atoms. The molecule has 0 bridgehead atoms. The van der Waals surface area contributed by atoms with Gasteiger partial charge in [-0.3, -0.25) is 28.4 Å². The zero-order valence-electron chi connectivity index (χ0n) is 22.1. The first-order valence-corrected chi connectivity index (χ1v) is 13.8. The Balaban J connectivity index is 1.61. The van der Waals surface area contributed by atoms with Crippen LogP contribution in [0.15, 0.2) is 63.2 Å². The van der Waals surface area contributed by atoms with E-state index in [0.29, 0.717) is 29.4 Å². The normalized spacial score (nSPS) is 14.7. The van der Waals surface area contributed by atoms with Gasteiger partial charge in [0.15, 0.2) is 4.32 Å². The van der Waals surface area contributed by atoms with Crippen molar-refractivity contribution in [2.45, 2.75) is 33.6 Å². The second kappa shape index (κ2) is 10.7. The van der Waals surface area contributed by atoms with Gasteiger partial charge in [0.2, 0.25) is 0 Å². The molecule has 1 saturated heterocycles. The first-order valence-electron chi connectivity index (χ1n) is 12.6. The van der Waals surface area contributed by atoms with Crippen LogP contribution in [-0.2, 0) is 11.8 Å². The van der Waals surface area contributed by atoms with Crippen LogP contribution in [0, 0.1) is 13.8 Å². The molecule has 1 fully saturated rings. The highest BCUT2D eigenvalue weighted by atomic mass is 32.2. The number of hydrogen-bond acceptors (Lipinski definition) is 7. The van der Waals surface area contributed by atoms with Crippen LogP contribution in [0.3, 0.4) is 0 Å². The highest BCUT2D eigenvalue weighted by molar-refractivity contribution is 8.27. The third-order valence-electron chi connectivity index (χ3n) is 6.72. The topological polar surface area (TPSA) is 93.6 Å². The molecule has 39 heavy (non-hydrogen) atoms. The Morgan fingerprint density at radius 1 is 1.05 bits per heavy atom. The van der Waals surface area contributed by atoms with E-state index >= 15 is 0 Å². The van der Waals surface area contributed by atoms with Crippen LogP contribution in [0.5, 0.6) is 0 Å². The van der Waals surface area contributed by atoms with Gasteiger partial charge in [-0.2, -0.15) is 0 Å². The average Bonchev–Trinajstić information content (AvgIpc) is 3.31. The lowest BCUT2D eigenvalue weighted by molar-refractivity contribution is -0.113. The fourth-order valence-electron chi connectivity index (χ4n) is 4.56. The van der Waals surface area contributed by atoms with Crippen LogP contribution >= 0.6 is 24.0 Å². The third-order valence-corrected chi connectivity index (χ3v) is 8.03. The fourth-order valence-corrected chi connectivity index (χ4v) is 5.82. The fraction of sp³-hybridized carbons (Fsp3) is 0.250. The lowest BCUT2D eigenvalue weighted by atomic mass is 10.2. The van der Waals surface area contributed by atoms with Gasteiger partial charge in [0, 0.05) is 19.8 Å². The van der Waals surface area contributed by atoms with Crippen molar-refractivity contribution in [3.63, 3.8) is 0 Å². The number of amides is 1. The summed E-state index contributed by atoms with van der Waals surface area (Å²) in [5, 5.41) is 3.27. The molecule has 1 aliphatic rings. The number of benzene rings is 1. The largest absolute Gasteiger partial charge is 0.369 e. The van der Waals surface area contributed by atoms with Crippen LogP contribution < -0.4 is 21.3 Å². The zero-order chi connectivity index (χ0) is 27.8. The van der Waals surface area contributed by atoms with E-state index < -0.39 is 5.91 Å².